The van der Waals surface area contributed by atoms with E-state index in [-0.39, 0.29) is 6.71 Å². The minimum atomic E-state index is 0.184. The normalized spacial score (nSPS) is 12.5. The van der Waals surface area contributed by atoms with Gasteiger partial charge < -0.3 is 0 Å². The van der Waals surface area contributed by atoms with Crippen LogP contribution in [0.25, 0.3) is 43.4 Å². The van der Waals surface area contributed by atoms with Crippen molar-refractivity contribution in [3.8, 4) is 11.1 Å². The van der Waals surface area contributed by atoms with Gasteiger partial charge in [0.2, 0.25) is 6.71 Å². The maximum Gasteiger partial charge on any atom is 0.242 e. The van der Waals surface area contributed by atoms with Gasteiger partial charge in [-0.25, -0.2) is 0 Å². The number of hydrogen-bond acceptors (Lipinski definition) is 0. The van der Waals surface area contributed by atoms with Crippen LogP contribution < -0.4 is 16.4 Å². The van der Waals surface area contributed by atoms with Crippen LogP contribution in [-0.2, 0) is 12.8 Å². The van der Waals surface area contributed by atoms with Gasteiger partial charge in [0, 0.05) is 0 Å². The van der Waals surface area contributed by atoms with Gasteiger partial charge in [0.1, 0.15) is 0 Å². The second kappa shape index (κ2) is 10.5. The van der Waals surface area contributed by atoms with Crippen LogP contribution in [0, 0.1) is 41.5 Å². The minimum absolute atomic E-state index is 0.184. The van der Waals surface area contributed by atoms with E-state index in [1.807, 2.05) is 0 Å². The Labute approximate surface area is 267 Å². The first-order valence-electron chi connectivity index (χ1n) is 16.4. The van der Waals surface area contributed by atoms with Crippen LogP contribution in [-0.4, -0.2) is 6.71 Å². The van der Waals surface area contributed by atoms with E-state index in [1.165, 1.54) is 104 Å². The third kappa shape index (κ3) is 4.36. The van der Waals surface area contributed by atoms with Crippen molar-refractivity contribution in [1.82, 2.24) is 0 Å². The monoisotopic (exact) mass is 578 g/mol. The Kier molecular flexibility index (Phi) is 6.50. The molecule has 0 N–H and O–H groups in total. The molecule has 0 amide bonds. The molecule has 7 aromatic rings. The van der Waals surface area contributed by atoms with Crippen LogP contribution in [0.15, 0.2) is 103 Å². The van der Waals surface area contributed by atoms with E-state index in [2.05, 4.69) is 145 Å². The molecule has 1 aliphatic rings. The van der Waals surface area contributed by atoms with E-state index >= 15 is 0 Å². The molecule has 0 radical (unpaired) electrons. The maximum absolute atomic E-state index is 2.46. The molecule has 0 unspecified atom stereocenters. The van der Waals surface area contributed by atoms with Gasteiger partial charge in [0.25, 0.3) is 0 Å². The minimum Gasteiger partial charge on any atom is -0.0661 e. The Morgan fingerprint density at radius 3 is 1.76 bits per heavy atom. The zero-order valence-corrected chi connectivity index (χ0v) is 27.3. The summed E-state index contributed by atoms with van der Waals surface area (Å²) in [4.78, 5) is 0. The molecule has 0 saturated carbocycles. The van der Waals surface area contributed by atoms with Crippen LogP contribution >= 0.6 is 0 Å². The molecule has 45 heavy (non-hydrogen) atoms. The fraction of sp³-hybridized carbons (Fsp3) is 0.182. The first-order chi connectivity index (χ1) is 21.8. The topological polar surface area (TPSA) is 0 Å². The summed E-state index contributed by atoms with van der Waals surface area (Å²) >= 11 is 0. The van der Waals surface area contributed by atoms with Crippen LogP contribution in [0.5, 0.6) is 0 Å². The molecular weight excluding hydrogens is 539 g/mol. The van der Waals surface area contributed by atoms with Crippen LogP contribution in [0.4, 0.5) is 0 Å². The fourth-order valence-corrected chi connectivity index (χ4v) is 8.87. The number of hydrogen-bond donors (Lipinski definition) is 0. The van der Waals surface area contributed by atoms with E-state index in [9.17, 15) is 0 Å². The zero-order valence-electron chi connectivity index (χ0n) is 27.3. The highest BCUT2D eigenvalue weighted by atomic mass is 14.2. The number of benzene rings is 7. The van der Waals surface area contributed by atoms with Crippen molar-refractivity contribution >= 4 is 55.4 Å². The Bertz CT molecular complexity index is 2230. The average Bonchev–Trinajstić information content (AvgIpc) is 3.01. The molecular formula is C44H39B. The number of fused-ring (bicyclic) bond motifs is 1. The van der Waals surface area contributed by atoms with Crippen molar-refractivity contribution in [3.05, 3.63) is 148 Å². The quantitative estimate of drug-likeness (QED) is 0.144. The second-order valence-electron chi connectivity index (χ2n) is 13.6. The van der Waals surface area contributed by atoms with E-state index < -0.39 is 0 Å². The summed E-state index contributed by atoms with van der Waals surface area (Å²) in [5.41, 5.74) is 18.3. The van der Waals surface area contributed by atoms with Gasteiger partial charge in [0.15, 0.2) is 0 Å². The molecule has 7 aromatic carbocycles. The Hall–Kier alpha value is -4.62. The van der Waals surface area contributed by atoms with Crippen LogP contribution in [0.1, 0.15) is 44.5 Å². The van der Waals surface area contributed by atoms with Crippen molar-refractivity contribution in [2.24, 2.45) is 0 Å². The van der Waals surface area contributed by atoms with E-state index in [0.717, 1.165) is 12.8 Å². The van der Waals surface area contributed by atoms with Crippen LogP contribution in [0.2, 0.25) is 0 Å². The van der Waals surface area contributed by atoms with Gasteiger partial charge in [0.05, 0.1) is 0 Å². The van der Waals surface area contributed by atoms with Crippen LogP contribution in [0.3, 0.4) is 0 Å². The zero-order chi connectivity index (χ0) is 31.0. The predicted octanol–water partition coefficient (Wildman–Crippen LogP) is 9.28. The number of rotatable bonds is 4. The molecule has 1 aliphatic carbocycles. The maximum atomic E-state index is 2.46. The summed E-state index contributed by atoms with van der Waals surface area (Å²) < 4.78 is 0. The molecule has 1 heteroatoms. The third-order valence-electron chi connectivity index (χ3n) is 10.5. The molecule has 0 aromatic heterocycles. The molecule has 218 valence electrons. The summed E-state index contributed by atoms with van der Waals surface area (Å²) in [6.45, 7) is 13.9. The smallest absolute Gasteiger partial charge is 0.0661 e. The van der Waals surface area contributed by atoms with Crippen molar-refractivity contribution < 1.29 is 0 Å². The summed E-state index contributed by atoms with van der Waals surface area (Å²) in [6.07, 6.45) is 2.14. The Balaban J connectivity index is 1.46. The molecule has 0 heterocycles. The molecule has 0 saturated heterocycles. The fourth-order valence-electron chi connectivity index (χ4n) is 8.87. The summed E-state index contributed by atoms with van der Waals surface area (Å²) in [5, 5.41) is 8.24. The second-order valence-corrected chi connectivity index (χ2v) is 13.6. The van der Waals surface area contributed by atoms with Gasteiger partial charge in [-0.3, -0.25) is 0 Å². The molecule has 0 aliphatic heterocycles. The van der Waals surface area contributed by atoms with Crippen molar-refractivity contribution in [2.75, 3.05) is 0 Å². The Morgan fingerprint density at radius 2 is 1.07 bits per heavy atom. The average molecular weight is 579 g/mol. The molecule has 0 bridgehead atoms. The van der Waals surface area contributed by atoms with Gasteiger partial charge >= 0.3 is 0 Å². The summed E-state index contributed by atoms with van der Waals surface area (Å²) in [6, 6.07) is 39.4. The molecule has 0 spiro atoms. The number of aryl methyl sites for hydroxylation is 8. The highest BCUT2D eigenvalue weighted by molar-refractivity contribution is 6.97. The molecule has 0 fully saturated rings. The van der Waals surface area contributed by atoms with Gasteiger partial charge in [-0.2, -0.15) is 0 Å². The Morgan fingerprint density at radius 1 is 0.467 bits per heavy atom. The van der Waals surface area contributed by atoms with Gasteiger partial charge in [-0.05, 0) is 109 Å². The van der Waals surface area contributed by atoms with E-state index in [4.69, 9.17) is 0 Å². The largest absolute Gasteiger partial charge is 0.242 e. The summed E-state index contributed by atoms with van der Waals surface area (Å²) in [7, 11) is 0. The highest BCUT2D eigenvalue weighted by Crippen LogP contribution is 2.41. The molecule has 0 atom stereocenters. The summed E-state index contributed by atoms with van der Waals surface area (Å²) in [5.74, 6) is 0. The lowest BCUT2D eigenvalue weighted by Gasteiger charge is -2.29. The van der Waals surface area contributed by atoms with Crippen molar-refractivity contribution in [3.63, 3.8) is 0 Å². The highest BCUT2D eigenvalue weighted by Gasteiger charge is 2.32. The van der Waals surface area contributed by atoms with E-state index in [1.54, 1.807) is 0 Å². The predicted molar refractivity (Wildman–Crippen MR) is 198 cm³/mol. The first-order valence-corrected chi connectivity index (χ1v) is 16.4. The SMILES string of the molecule is Cc1cc(C)c(B(c2ccc3ccc4c(-c5cccc6ccccc56)ccc5c4c3c2CC5)c2c(C)cc(C)cc2C)c(C)c1. The van der Waals surface area contributed by atoms with Gasteiger partial charge in [-0.15, -0.1) is 0 Å². The lowest BCUT2D eigenvalue weighted by atomic mass is 9.33. The lowest BCUT2D eigenvalue weighted by molar-refractivity contribution is 0.974. The van der Waals surface area contributed by atoms with E-state index in [0.29, 0.717) is 0 Å². The third-order valence-corrected chi connectivity index (χ3v) is 10.5. The first kappa shape index (κ1) is 27.9. The van der Waals surface area contributed by atoms with Crippen molar-refractivity contribution in [2.45, 2.75) is 54.4 Å². The molecule has 8 rings (SSSR count). The standard InChI is InChI=1S/C44H39B/c1-26-22-28(3)43(29(4)23-26)45(44-30(5)24-27(2)25-31(44)6)40-21-17-34-15-19-38-37(18-14-33-16-20-39(40)42(34)41(33)38)36-13-9-11-32-10-7-8-12-35(32)36/h7-15,17-19,21-25H,16,20H2,1-6H3. The van der Waals surface area contributed by atoms with Crippen molar-refractivity contribution in [1.29, 1.82) is 0 Å². The lowest BCUT2D eigenvalue weighted by Crippen LogP contribution is -2.57. The molecule has 0 nitrogen and oxygen atoms in total. The van der Waals surface area contributed by atoms with Gasteiger partial charge in [-0.1, -0.05) is 153 Å².